The van der Waals surface area contributed by atoms with E-state index in [0.29, 0.717) is 6.61 Å². The molecule has 5 nitrogen and oxygen atoms in total. The van der Waals surface area contributed by atoms with Crippen molar-refractivity contribution in [2.45, 2.75) is 90.2 Å². The number of rotatable bonds is 17. The molecular formula is C27H44N2O3. The van der Waals surface area contributed by atoms with Gasteiger partial charge in [-0.25, -0.2) is 0 Å². The SMILES string of the molecule is CCCCCCCCCCC(CCCN1CCNCC1C=O)C(=O)OCc1ccccc1. The van der Waals surface area contributed by atoms with Crippen LogP contribution in [0.15, 0.2) is 30.3 Å². The second-order valence-electron chi connectivity index (χ2n) is 9.14. The molecule has 1 heterocycles. The number of nitrogens with zero attached hydrogens (tertiary/aromatic N) is 1. The van der Waals surface area contributed by atoms with Gasteiger partial charge >= 0.3 is 5.97 Å². The van der Waals surface area contributed by atoms with E-state index in [0.717, 1.165) is 63.7 Å². The van der Waals surface area contributed by atoms with Gasteiger partial charge in [-0.05, 0) is 31.4 Å². The summed E-state index contributed by atoms with van der Waals surface area (Å²) in [7, 11) is 0. The Morgan fingerprint density at radius 3 is 2.47 bits per heavy atom. The van der Waals surface area contributed by atoms with Crippen LogP contribution in [0.5, 0.6) is 0 Å². The third kappa shape index (κ3) is 10.7. The van der Waals surface area contributed by atoms with Crippen LogP contribution in [0.4, 0.5) is 0 Å². The van der Waals surface area contributed by atoms with E-state index in [4.69, 9.17) is 4.74 Å². The molecule has 2 atom stereocenters. The van der Waals surface area contributed by atoms with Crippen molar-refractivity contribution < 1.29 is 14.3 Å². The summed E-state index contributed by atoms with van der Waals surface area (Å²) < 4.78 is 5.68. The Hall–Kier alpha value is -1.72. The first-order valence-corrected chi connectivity index (χ1v) is 12.8. The van der Waals surface area contributed by atoms with Gasteiger partial charge in [-0.15, -0.1) is 0 Å². The first-order chi connectivity index (χ1) is 15.7. The van der Waals surface area contributed by atoms with Gasteiger partial charge in [0.2, 0.25) is 0 Å². The van der Waals surface area contributed by atoms with Crippen LogP contribution in [0.1, 0.15) is 83.1 Å². The van der Waals surface area contributed by atoms with Gasteiger partial charge in [-0.3, -0.25) is 9.69 Å². The van der Waals surface area contributed by atoms with Crippen LogP contribution in [-0.2, 0) is 20.9 Å². The maximum Gasteiger partial charge on any atom is 0.309 e. The summed E-state index contributed by atoms with van der Waals surface area (Å²) in [6.07, 6.45) is 13.9. The lowest BCUT2D eigenvalue weighted by atomic mass is 9.95. The highest BCUT2D eigenvalue weighted by Gasteiger charge is 2.23. The number of nitrogens with one attached hydrogen (secondary N) is 1. The second kappa shape index (κ2) is 16.8. The molecule has 5 heteroatoms. The number of piperazine rings is 1. The minimum Gasteiger partial charge on any atom is -0.461 e. The molecule has 1 aromatic rings. The summed E-state index contributed by atoms with van der Waals surface area (Å²) in [6, 6.07) is 9.85. The molecule has 0 saturated carbocycles. The van der Waals surface area contributed by atoms with E-state index in [-0.39, 0.29) is 17.9 Å². The Kier molecular flexibility index (Phi) is 14.0. The summed E-state index contributed by atoms with van der Waals surface area (Å²) in [5.74, 6) is -0.111. The highest BCUT2D eigenvalue weighted by Crippen LogP contribution is 2.20. The molecule has 1 aliphatic heterocycles. The van der Waals surface area contributed by atoms with Gasteiger partial charge in [0.15, 0.2) is 0 Å². The van der Waals surface area contributed by atoms with Crippen molar-refractivity contribution in [3.05, 3.63) is 35.9 Å². The molecule has 0 bridgehead atoms. The van der Waals surface area contributed by atoms with Crippen LogP contribution in [0, 0.1) is 5.92 Å². The molecular weight excluding hydrogens is 400 g/mol. The van der Waals surface area contributed by atoms with E-state index in [2.05, 4.69) is 17.1 Å². The number of unbranched alkanes of at least 4 members (excludes halogenated alkanes) is 7. The summed E-state index contributed by atoms with van der Waals surface area (Å²) in [5, 5.41) is 3.27. The first-order valence-electron chi connectivity index (χ1n) is 12.8. The smallest absolute Gasteiger partial charge is 0.309 e. The zero-order valence-corrected chi connectivity index (χ0v) is 20.1. The predicted molar refractivity (Wildman–Crippen MR) is 130 cm³/mol. The molecule has 1 N–H and O–H groups in total. The molecule has 0 aliphatic carbocycles. The second-order valence-corrected chi connectivity index (χ2v) is 9.14. The normalized spacial score (nSPS) is 17.7. The minimum atomic E-state index is -0.0657. The molecule has 2 unspecified atom stereocenters. The average Bonchev–Trinajstić information content (AvgIpc) is 2.84. The number of aldehydes is 1. The van der Waals surface area contributed by atoms with E-state index < -0.39 is 0 Å². The quantitative estimate of drug-likeness (QED) is 0.205. The third-order valence-corrected chi connectivity index (χ3v) is 6.52. The number of ether oxygens (including phenoxy) is 1. The van der Waals surface area contributed by atoms with E-state index in [1.54, 1.807) is 0 Å². The summed E-state index contributed by atoms with van der Waals surface area (Å²) in [6.45, 7) is 6.00. The lowest BCUT2D eigenvalue weighted by Crippen LogP contribution is -2.52. The number of benzene rings is 1. The molecule has 1 aromatic carbocycles. The van der Waals surface area contributed by atoms with Gasteiger partial charge in [-0.1, -0.05) is 88.6 Å². The zero-order valence-electron chi connectivity index (χ0n) is 20.1. The largest absolute Gasteiger partial charge is 0.461 e. The minimum absolute atomic E-state index is 0.0417. The van der Waals surface area contributed by atoms with Gasteiger partial charge in [0.1, 0.15) is 12.9 Å². The van der Waals surface area contributed by atoms with Crippen LogP contribution in [-0.4, -0.2) is 49.4 Å². The number of carbonyl (C=O) groups excluding carboxylic acids is 2. The van der Waals surface area contributed by atoms with Gasteiger partial charge in [-0.2, -0.15) is 0 Å². The highest BCUT2D eigenvalue weighted by atomic mass is 16.5. The Labute approximate surface area is 195 Å². The average molecular weight is 445 g/mol. The third-order valence-electron chi connectivity index (χ3n) is 6.52. The zero-order chi connectivity index (χ0) is 22.9. The van der Waals surface area contributed by atoms with Crippen molar-refractivity contribution >= 4 is 12.3 Å². The van der Waals surface area contributed by atoms with E-state index in [1.807, 2.05) is 30.3 Å². The summed E-state index contributed by atoms with van der Waals surface area (Å²) >= 11 is 0. The molecule has 0 amide bonds. The highest BCUT2D eigenvalue weighted by molar-refractivity contribution is 5.72. The Balaban J connectivity index is 1.75. The molecule has 1 saturated heterocycles. The lowest BCUT2D eigenvalue weighted by molar-refractivity contribution is -0.150. The van der Waals surface area contributed by atoms with Gasteiger partial charge < -0.3 is 14.8 Å². The van der Waals surface area contributed by atoms with Crippen molar-refractivity contribution in [3.8, 4) is 0 Å². The molecule has 0 aromatic heterocycles. The van der Waals surface area contributed by atoms with E-state index >= 15 is 0 Å². The van der Waals surface area contributed by atoms with Gasteiger partial charge in [0, 0.05) is 19.6 Å². The van der Waals surface area contributed by atoms with Crippen molar-refractivity contribution in [3.63, 3.8) is 0 Å². The summed E-state index contributed by atoms with van der Waals surface area (Å²) in [5.41, 5.74) is 1.03. The fourth-order valence-corrected chi connectivity index (χ4v) is 4.47. The van der Waals surface area contributed by atoms with Gasteiger partial charge in [0.25, 0.3) is 0 Å². The standard InChI is InChI=1S/C27H44N2O3/c1-2-3-4-5-6-7-8-12-16-25(27(31)32-23-24-14-10-9-11-15-24)17-13-19-29-20-18-28-21-26(29)22-30/h9-11,14-15,22,25-26,28H,2-8,12-13,16-21,23H2,1H3. The number of esters is 1. The maximum atomic E-state index is 12.9. The molecule has 0 spiro atoms. The Morgan fingerprint density at radius 1 is 1.06 bits per heavy atom. The number of hydrogen-bond donors (Lipinski definition) is 1. The van der Waals surface area contributed by atoms with E-state index in [1.165, 1.54) is 44.9 Å². The molecule has 32 heavy (non-hydrogen) atoms. The lowest BCUT2D eigenvalue weighted by Gasteiger charge is -2.33. The number of hydrogen-bond acceptors (Lipinski definition) is 5. The van der Waals surface area contributed by atoms with Crippen molar-refractivity contribution in [1.29, 1.82) is 0 Å². The first kappa shape index (κ1) is 26.5. The molecule has 0 radical (unpaired) electrons. The monoisotopic (exact) mass is 444 g/mol. The molecule has 1 aliphatic rings. The van der Waals surface area contributed by atoms with Crippen LogP contribution in [0.25, 0.3) is 0 Å². The van der Waals surface area contributed by atoms with Crippen LogP contribution in [0.2, 0.25) is 0 Å². The molecule has 2 rings (SSSR count). The van der Waals surface area contributed by atoms with E-state index in [9.17, 15) is 9.59 Å². The van der Waals surface area contributed by atoms with Crippen molar-refractivity contribution in [1.82, 2.24) is 10.2 Å². The number of carbonyl (C=O) groups is 2. The molecule has 180 valence electrons. The topological polar surface area (TPSA) is 58.6 Å². The fourth-order valence-electron chi connectivity index (χ4n) is 4.47. The van der Waals surface area contributed by atoms with Crippen LogP contribution >= 0.6 is 0 Å². The van der Waals surface area contributed by atoms with Crippen molar-refractivity contribution in [2.75, 3.05) is 26.2 Å². The fraction of sp³-hybridized carbons (Fsp3) is 0.704. The summed E-state index contributed by atoms with van der Waals surface area (Å²) in [4.78, 5) is 26.4. The molecule has 1 fully saturated rings. The van der Waals surface area contributed by atoms with Gasteiger partial charge in [0.05, 0.1) is 12.0 Å². The Morgan fingerprint density at radius 2 is 1.75 bits per heavy atom. The predicted octanol–water partition coefficient (Wildman–Crippen LogP) is 5.13. The maximum absolute atomic E-state index is 12.9. The Bertz CT molecular complexity index is 623. The van der Waals surface area contributed by atoms with Crippen molar-refractivity contribution in [2.24, 2.45) is 5.92 Å². The van der Waals surface area contributed by atoms with Crippen LogP contribution in [0.3, 0.4) is 0 Å². The van der Waals surface area contributed by atoms with Crippen LogP contribution < -0.4 is 5.32 Å².